The molecule has 0 aromatic heterocycles. The molecule has 0 saturated carbocycles. The van der Waals surface area contributed by atoms with Gasteiger partial charge in [-0.2, -0.15) is 0 Å². The van der Waals surface area contributed by atoms with Gasteiger partial charge in [-0.05, 0) is 17.5 Å². The molecule has 15 heavy (non-hydrogen) atoms. The van der Waals surface area contributed by atoms with E-state index in [0.29, 0.717) is 5.56 Å². The second-order valence-electron chi connectivity index (χ2n) is 4.47. The predicted molar refractivity (Wildman–Crippen MR) is 52.6 cm³/mol. The minimum atomic E-state index is -2.81. The summed E-state index contributed by atoms with van der Waals surface area (Å²) < 4.78 is 40.8. The monoisotopic (exact) mass is 214 g/mol. The predicted octanol–water partition coefficient (Wildman–Crippen LogP) is 3.76. The third-order valence-electron chi connectivity index (χ3n) is 3.00. The first kappa shape index (κ1) is 10.5. The van der Waals surface area contributed by atoms with Crippen LogP contribution in [-0.2, 0) is 6.42 Å². The van der Waals surface area contributed by atoms with E-state index in [9.17, 15) is 13.2 Å². The Morgan fingerprint density at radius 2 is 2.00 bits per heavy atom. The standard InChI is InChI=1S/C12H13F3/c1-7(2)11-10-8(6-12(11,14)15)4-3-5-9(10)13/h3-5,7,11H,6H2,1-2H3. The molecular formula is C12H13F3. The van der Waals surface area contributed by atoms with E-state index < -0.39 is 17.7 Å². The van der Waals surface area contributed by atoms with Crippen molar-refractivity contribution in [2.45, 2.75) is 32.1 Å². The zero-order chi connectivity index (χ0) is 11.2. The summed E-state index contributed by atoms with van der Waals surface area (Å²) in [5.74, 6) is -4.53. The fourth-order valence-corrected chi connectivity index (χ4v) is 2.48. The lowest BCUT2D eigenvalue weighted by Crippen LogP contribution is -2.26. The van der Waals surface area contributed by atoms with Gasteiger partial charge in [0.25, 0.3) is 5.92 Å². The van der Waals surface area contributed by atoms with Gasteiger partial charge in [0.15, 0.2) is 0 Å². The molecule has 0 aliphatic heterocycles. The Kier molecular flexibility index (Phi) is 2.28. The van der Waals surface area contributed by atoms with Gasteiger partial charge in [-0.1, -0.05) is 26.0 Å². The molecule has 1 aromatic rings. The Morgan fingerprint density at radius 3 is 2.60 bits per heavy atom. The lowest BCUT2D eigenvalue weighted by Gasteiger charge is -2.23. The summed E-state index contributed by atoms with van der Waals surface area (Å²) in [4.78, 5) is 0. The smallest absolute Gasteiger partial charge is 0.207 e. The third kappa shape index (κ3) is 1.54. The van der Waals surface area contributed by atoms with E-state index in [1.807, 2.05) is 0 Å². The molecule has 1 aliphatic rings. The lowest BCUT2D eigenvalue weighted by molar-refractivity contribution is -0.0293. The molecule has 82 valence electrons. The molecule has 0 radical (unpaired) electrons. The van der Waals surface area contributed by atoms with Crippen molar-refractivity contribution in [2.75, 3.05) is 0 Å². The largest absolute Gasteiger partial charge is 0.259 e. The van der Waals surface area contributed by atoms with Crippen LogP contribution < -0.4 is 0 Å². The van der Waals surface area contributed by atoms with Gasteiger partial charge >= 0.3 is 0 Å². The van der Waals surface area contributed by atoms with Crippen molar-refractivity contribution in [3.05, 3.63) is 35.1 Å². The highest BCUT2D eigenvalue weighted by molar-refractivity contribution is 5.40. The SMILES string of the molecule is CC(C)C1c2c(F)cccc2CC1(F)F. The van der Waals surface area contributed by atoms with Crippen LogP contribution in [0, 0.1) is 11.7 Å². The fourth-order valence-electron chi connectivity index (χ4n) is 2.48. The van der Waals surface area contributed by atoms with Gasteiger partial charge in [-0.25, -0.2) is 13.2 Å². The zero-order valence-electron chi connectivity index (χ0n) is 8.73. The van der Waals surface area contributed by atoms with Gasteiger partial charge in [0.1, 0.15) is 5.82 Å². The number of alkyl halides is 2. The number of halogens is 3. The van der Waals surface area contributed by atoms with E-state index in [2.05, 4.69) is 0 Å². The van der Waals surface area contributed by atoms with E-state index in [4.69, 9.17) is 0 Å². The van der Waals surface area contributed by atoms with Crippen molar-refractivity contribution in [2.24, 2.45) is 5.92 Å². The summed E-state index contributed by atoms with van der Waals surface area (Å²) in [6, 6.07) is 4.34. The van der Waals surface area contributed by atoms with Crippen LogP contribution >= 0.6 is 0 Å². The summed E-state index contributed by atoms with van der Waals surface area (Å²) in [5.41, 5.74) is 0.677. The highest BCUT2D eigenvalue weighted by Gasteiger charge is 2.49. The number of benzene rings is 1. The van der Waals surface area contributed by atoms with Crippen LogP contribution in [0.3, 0.4) is 0 Å². The quantitative estimate of drug-likeness (QED) is 0.667. The topological polar surface area (TPSA) is 0 Å². The molecule has 1 unspecified atom stereocenters. The van der Waals surface area contributed by atoms with Crippen LogP contribution in [0.4, 0.5) is 13.2 Å². The molecule has 0 heterocycles. The third-order valence-corrected chi connectivity index (χ3v) is 3.00. The summed E-state index contributed by atoms with van der Waals surface area (Å²) in [7, 11) is 0. The molecule has 0 spiro atoms. The second kappa shape index (κ2) is 3.26. The van der Waals surface area contributed by atoms with Gasteiger partial charge in [0, 0.05) is 12.0 Å². The Bertz CT molecular complexity index is 382. The van der Waals surface area contributed by atoms with Gasteiger partial charge in [0.2, 0.25) is 0 Å². The Hall–Kier alpha value is -0.990. The molecule has 1 aliphatic carbocycles. The molecule has 0 nitrogen and oxygen atoms in total. The van der Waals surface area contributed by atoms with Crippen LogP contribution in [0.1, 0.15) is 30.9 Å². The van der Waals surface area contributed by atoms with Crippen molar-refractivity contribution >= 4 is 0 Å². The van der Waals surface area contributed by atoms with Crippen LogP contribution in [0.15, 0.2) is 18.2 Å². The van der Waals surface area contributed by atoms with Crippen LogP contribution in [0.2, 0.25) is 0 Å². The van der Waals surface area contributed by atoms with Gasteiger partial charge in [-0.3, -0.25) is 0 Å². The van der Waals surface area contributed by atoms with E-state index in [1.54, 1.807) is 19.9 Å². The minimum absolute atomic E-state index is 0.220. The molecule has 1 atom stereocenters. The van der Waals surface area contributed by atoms with Gasteiger partial charge < -0.3 is 0 Å². The highest BCUT2D eigenvalue weighted by Crippen LogP contribution is 2.49. The zero-order valence-corrected chi connectivity index (χ0v) is 8.73. The maximum absolute atomic E-state index is 13.7. The normalized spacial score (nSPS) is 23.2. The van der Waals surface area contributed by atoms with Gasteiger partial charge in [-0.15, -0.1) is 0 Å². The van der Waals surface area contributed by atoms with Crippen LogP contribution in [0.5, 0.6) is 0 Å². The van der Waals surface area contributed by atoms with Crippen molar-refractivity contribution in [3.63, 3.8) is 0 Å². The number of hydrogen-bond donors (Lipinski definition) is 0. The van der Waals surface area contributed by atoms with Crippen LogP contribution in [-0.4, -0.2) is 5.92 Å². The Labute approximate surface area is 87.1 Å². The molecule has 3 heteroatoms. The average molecular weight is 214 g/mol. The van der Waals surface area contributed by atoms with E-state index >= 15 is 0 Å². The Morgan fingerprint density at radius 1 is 1.33 bits per heavy atom. The molecular weight excluding hydrogens is 201 g/mol. The first-order valence-electron chi connectivity index (χ1n) is 5.08. The maximum atomic E-state index is 13.7. The molecule has 1 aromatic carbocycles. The molecule has 0 saturated heterocycles. The van der Waals surface area contributed by atoms with E-state index in [1.165, 1.54) is 12.1 Å². The number of rotatable bonds is 1. The number of hydrogen-bond acceptors (Lipinski definition) is 0. The van der Waals surface area contributed by atoms with Crippen molar-refractivity contribution in [3.8, 4) is 0 Å². The summed E-state index contributed by atoms with van der Waals surface area (Å²) in [6.07, 6.45) is -0.330. The van der Waals surface area contributed by atoms with Crippen LogP contribution in [0.25, 0.3) is 0 Å². The van der Waals surface area contributed by atoms with Gasteiger partial charge in [0.05, 0.1) is 5.92 Å². The molecule has 0 N–H and O–H groups in total. The Balaban J connectivity index is 2.56. The number of fused-ring (bicyclic) bond motifs is 1. The maximum Gasteiger partial charge on any atom is 0.259 e. The first-order valence-corrected chi connectivity index (χ1v) is 5.08. The minimum Gasteiger partial charge on any atom is -0.207 e. The molecule has 0 amide bonds. The van der Waals surface area contributed by atoms with E-state index in [0.717, 1.165) is 0 Å². The molecule has 0 bridgehead atoms. The summed E-state index contributed by atoms with van der Waals surface area (Å²) in [6.45, 7) is 3.42. The lowest BCUT2D eigenvalue weighted by atomic mass is 9.88. The summed E-state index contributed by atoms with van der Waals surface area (Å²) in [5, 5.41) is 0. The highest BCUT2D eigenvalue weighted by atomic mass is 19.3. The molecule has 2 rings (SSSR count). The summed E-state index contributed by atoms with van der Waals surface area (Å²) >= 11 is 0. The van der Waals surface area contributed by atoms with Crippen molar-refractivity contribution < 1.29 is 13.2 Å². The van der Waals surface area contributed by atoms with Crippen molar-refractivity contribution in [1.29, 1.82) is 0 Å². The molecule has 0 fully saturated rings. The van der Waals surface area contributed by atoms with Crippen molar-refractivity contribution in [1.82, 2.24) is 0 Å². The second-order valence-corrected chi connectivity index (χ2v) is 4.47. The first-order chi connectivity index (χ1) is 6.93. The average Bonchev–Trinajstić information content (AvgIpc) is 2.36. The fraction of sp³-hybridized carbons (Fsp3) is 0.500. The van der Waals surface area contributed by atoms with E-state index in [-0.39, 0.29) is 17.9 Å².